The molecule has 0 radical (unpaired) electrons. The van der Waals surface area contributed by atoms with Gasteiger partial charge in [-0.1, -0.05) is 0 Å². The Balaban J connectivity index is 3.20. The predicted octanol–water partition coefficient (Wildman–Crippen LogP) is 1.92. The molecule has 0 saturated heterocycles. The summed E-state index contributed by atoms with van der Waals surface area (Å²) in [7, 11) is 1.42. The van der Waals surface area contributed by atoms with E-state index in [4.69, 9.17) is 10.5 Å². The van der Waals surface area contributed by atoms with Crippen LogP contribution in [0.3, 0.4) is 0 Å². The molecule has 13 heavy (non-hydrogen) atoms. The number of aromatic nitrogens is 1. The second-order valence-corrected chi connectivity index (χ2v) is 2.56. The van der Waals surface area contributed by atoms with E-state index in [1.165, 1.54) is 7.11 Å². The third-order valence-corrected chi connectivity index (χ3v) is 1.62. The number of hydrogen-bond acceptors (Lipinski definition) is 3. The Hall–Kier alpha value is -1.39. The molecule has 0 aromatic carbocycles. The molecule has 0 aliphatic carbocycles. The van der Waals surface area contributed by atoms with Crippen LogP contribution in [0.5, 0.6) is 5.75 Å². The van der Waals surface area contributed by atoms with Gasteiger partial charge in [0.2, 0.25) is 0 Å². The second kappa shape index (κ2) is 3.55. The smallest absolute Gasteiger partial charge is 0.280 e. The van der Waals surface area contributed by atoms with E-state index in [-0.39, 0.29) is 11.4 Å². The van der Waals surface area contributed by atoms with Gasteiger partial charge in [0, 0.05) is 0 Å². The zero-order valence-corrected chi connectivity index (χ0v) is 7.34. The Bertz CT molecular complexity index is 292. The number of nitrogens with two attached hydrogens (primary N) is 1. The lowest BCUT2D eigenvalue weighted by Crippen LogP contribution is -2.01. The van der Waals surface area contributed by atoms with Gasteiger partial charge in [-0.2, -0.15) is 0 Å². The largest absolute Gasteiger partial charge is 0.493 e. The number of ether oxygens (including phenoxy) is 1. The number of nitrogen functional groups attached to an aromatic ring is 1. The maximum absolute atomic E-state index is 12.2. The average molecular weight is 188 g/mol. The van der Waals surface area contributed by atoms with E-state index < -0.39 is 6.43 Å². The maximum atomic E-state index is 12.2. The third-order valence-electron chi connectivity index (χ3n) is 1.62. The molecule has 0 aliphatic rings. The Kier molecular flexibility index (Phi) is 2.65. The number of halogens is 2. The maximum Gasteiger partial charge on any atom is 0.280 e. The first-order valence-electron chi connectivity index (χ1n) is 3.65. The van der Waals surface area contributed by atoms with Crippen LogP contribution < -0.4 is 10.5 Å². The van der Waals surface area contributed by atoms with Gasteiger partial charge >= 0.3 is 0 Å². The van der Waals surface area contributed by atoms with E-state index in [0.717, 1.165) is 6.07 Å². The van der Waals surface area contributed by atoms with Gasteiger partial charge in [-0.3, -0.25) is 0 Å². The highest BCUT2D eigenvalue weighted by atomic mass is 19.3. The molecule has 0 amide bonds. The van der Waals surface area contributed by atoms with Crippen molar-refractivity contribution in [2.45, 2.75) is 13.3 Å². The van der Waals surface area contributed by atoms with Crippen LogP contribution in [0.15, 0.2) is 6.07 Å². The molecule has 0 bridgehead atoms. The summed E-state index contributed by atoms with van der Waals surface area (Å²) in [6.07, 6.45) is -2.60. The second-order valence-electron chi connectivity index (χ2n) is 2.56. The lowest BCUT2D eigenvalue weighted by molar-refractivity contribution is 0.146. The monoisotopic (exact) mass is 188 g/mol. The first-order valence-corrected chi connectivity index (χ1v) is 3.65. The van der Waals surface area contributed by atoms with Gasteiger partial charge in [-0.05, 0) is 13.0 Å². The number of hydrogen-bond donors (Lipinski definition) is 1. The molecule has 0 atom stereocenters. The molecular formula is C8H10F2N2O. The lowest BCUT2D eigenvalue weighted by atomic mass is 10.2. The molecule has 1 aromatic heterocycles. The van der Waals surface area contributed by atoms with Gasteiger partial charge in [0.15, 0.2) is 5.75 Å². The van der Waals surface area contributed by atoms with Crippen LogP contribution in [-0.4, -0.2) is 12.1 Å². The molecule has 0 spiro atoms. The van der Waals surface area contributed by atoms with Crippen LogP contribution in [0.4, 0.5) is 14.5 Å². The summed E-state index contributed by atoms with van der Waals surface area (Å²) in [5.41, 5.74) is 5.71. The molecule has 1 heterocycles. The molecule has 0 aliphatic heterocycles. The normalized spacial score (nSPS) is 10.5. The molecule has 2 N–H and O–H groups in total. The fourth-order valence-electron chi connectivity index (χ4n) is 1.09. The standard InChI is InChI=1S/C8H10F2N2O/c1-4-7(13-2)5(11)3-6(12-4)8(9)10/h3,8H,1-2H3,(H2,11,12). The van der Waals surface area contributed by atoms with Crippen LogP contribution >= 0.6 is 0 Å². The van der Waals surface area contributed by atoms with Gasteiger partial charge in [0.25, 0.3) is 6.43 Å². The van der Waals surface area contributed by atoms with E-state index in [1.54, 1.807) is 6.92 Å². The van der Waals surface area contributed by atoms with Gasteiger partial charge in [-0.25, -0.2) is 13.8 Å². The minimum absolute atomic E-state index is 0.185. The van der Waals surface area contributed by atoms with Gasteiger partial charge in [0.05, 0.1) is 18.5 Å². The fourth-order valence-corrected chi connectivity index (χ4v) is 1.09. The fraction of sp³-hybridized carbons (Fsp3) is 0.375. The number of rotatable bonds is 2. The molecule has 0 unspecified atom stereocenters. The van der Waals surface area contributed by atoms with Crippen LogP contribution in [0.25, 0.3) is 0 Å². The van der Waals surface area contributed by atoms with E-state index >= 15 is 0 Å². The van der Waals surface area contributed by atoms with Crippen molar-refractivity contribution >= 4 is 5.69 Å². The number of anilines is 1. The molecule has 72 valence electrons. The van der Waals surface area contributed by atoms with Crippen molar-refractivity contribution < 1.29 is 13.5 Å². The zero-order valence-electron chi connectivity index (χ0n) is 7.34. The van der Waals surface area contributed by atoms with Gasteiger partial charge < -0.3 is 10.5 Å². The summed E-state index contributed by atoms with van der Waals surface area (Å²) >= 11 is 0. The van der Waals surface area contributed by atoms with Gasteiger partial charge in [0.1, 0.15) is 5.69 Å². The van der Waals surface area contributed by atoms with Crippen LogP contribution in [0.2, 0.25) is 0 Å². The summed E-state index contributed by atoms with van der Waals surface area (Å²) in [5.74, 6) is 0.351. The summed E-state index contributed by atoms with van der Waals surface area (Å²) in [4.78, 5) is 3.65. The lowest BCUT2D eigenvalue weighted by Gasteiger charge is -2.09. The highest BCUT2D eigenvalue weighted by Crippen LogP contribution is 2.28. The van der Waals surface area contributed by atoms with Crippen molar-refractivity contribution in [1.29, 1.82) is 0 Å². The van der Waals surface area contributed by atoms with Crippen molar-refractivity contribution in [2.75, 3.05) is 12.8 Å². The first-order chi connectivity index (χ1) is 6.06. The number of methoxy groups -OCH3 is 1. The van der Waals surface area contributed by atoms with Crippen molar-refractivity contribution in [3.8, 4) is 5.75 Å². The van der Waals surface area contributed by atoms with Crippen molar-refractivity contribution in [2.24, 2.45) is 0 Å². The highest BCUT2D eigenvalue weighted by molar-refractivity contribution is 5.55. The molecule has 1 rings (SSSR count). The topological polar surface area (TPSA) is 48.1 Å². The Morgan fingerprint density at radius 1 is 1.54 bits per heavy atom. The summed E-state index contributed by atoms with van der Waals surface area (Å²) in [5, 5.41) is 0. The zero-order chi connectivity index (χ0) is 10.0. The molecule has 3 nitrogen and oxygen atoms in total. The van der Waals surface area contributed by atoms with Crippen molar-refractivity contribution in [3.05, 3.63) is 17.5 Å². The van der Waals surface area contributed by atoms with Crippen LogP contribution in [-0.2, 0) is 0 Å². The van der Waals surface area contributed by atoms with E-state index in [9.17, 15) is 8.78 Å². The van der Waals surface area contributed by atoms with Crippen LogP contribution in [0, 0.1) is 6.92 Å². The van der Waals surface area contributed by atoms with Crippen LogP contribution in [0.1, 0.15) is 17.8 Å². The molecule has 0 saturated carbocycles. The Morgan fingerprint density at radius 2 is 2.15 bits per heavy atom. The quantitative estimate of drug-likeness (QED) is 0.771. The van der Waals surface area contributed by atoms with Crippen molar-refractivity contribution in [3.63, 3.8) is 0 Å². The highest BCUT2D eigenvalue weighted by Gasteiger charge is 2.13. The summed E-state index contributed by atoms with van der Waals surface area (Å²) in [6.45, 7) is 1.57. The van der Waals surface area contributed by atoms with E-state index in [2.05, 4.69) is 4.98 Å². The third kappa shape index (κ3) is 1.85. The minimum atomic E-state index is -2.60. The molecule has 1 aromatic rings. The van der Waals surface area contributed by atoms with Crippen molar-refractivity contribution in [1.82, 2.24) is 4.98 Å². The number of aryl methyl sites for hydroxylation is 1. The molecule has 0 fully saturated rings. The molecular weight excluding hydrogens is 178 g/mol. The first kappa shape index (κ1) is 9.70. The van der Waals surface area contributed by atoms with Gasteiger partial charge in [-0.15, -0.1) is 0 Å². The number of alkyl halides is 2. The molecule has 5 heteroatoms. The Morgan fingerprint density at radius 3 is 2.54 bits per heavy atom. The summed E-state index contributed by atoms with van der Waals surface area (Å²) < 4.78 is 29.3. The van der Waals surface area contributed by atoms with E-state index in [1.807, 2.05) is 0 Å². The summed E-state index contributed by atoms with van der Waals surface area (Å²) in [6, 6.07) is 1.12. The number of nitrogens with zero attached hydrogens (tertiary/aromatic N) is 1. The number of pyridine rings is 1. The van der Waals surface area contributed by atoms with E-state index in [0.29, 0.717) is 11.4 Å². The average Bonchev–Trinajstić information content (AvgIpc) is 2.03. The Labute approximate surface area is 74.5 Å². The SMILES string of the molecule is COc1c(N)cc(C(F)F)nc1C. The minimum Gasteiger partial charge on any atom is -0.493 e. The predicted molar refractivity (Wildman–Crippen MR) is 44.9 cm³/mol.